The first-order chi connectivity index (χ1) is 16.4. The van der Waals surface area contributed by atoms with E-state index in [4.69, 9.17) is 14.2 Å². The SMILES string of the molecule is COc1ccnc(C(=O)N[C@@H](C)C(=O)OC2CCCc3ccccc3C2C)c1OC(=O)C1CC1. The molecule has 1 amide bonds. The van der Waals surface area contributed by atoms with E-state index in [2.05, 4.69) is 29.4 Å². The number of fused-ring (bicyclic) bond motifs is 1. The maximum absolute atomic E-state index is 13.0. The average Bonchev–Trinajstić information content (AvgIpc) is 3.69. The van der Waals surface area contributed by atoms with E-state index in [0.717, 1.165) is 32.1 Å². The van der Waals surface area contributed by atoms with Gasteiger partial charge < -0.3 is 19.5 Å². The maximum atomic E-state index is 13.0. The number of rotatable bonds is 7. The lowest BCUT2D eigenvalue weighted by Crippen LogP contribution is -2.42. The highest BCUT2D eigenvalue weighted by Crippen LogP contribution is 2.35. The second-order valence-corrected chi connectivity index (χ2v) is 8.94. The second kappa shape index (κ2) is 10.2. The average molecular weight is 467 g/mol. The molecular formula is C26H30N2O6. The number of aromatic nitrogens is 1. The number of methoxy groups -OCH3 is 1. The summed E-state index contributed by atoms with van der Waals surface area (Å²) in [7, 11) is 1.41. The third-order valence-corrected chi connectivity index (χ3v) is 6.42. The normalized spacial score (nSPS) is 20.3. The van der Waals surface area contributed by atoms with Gasteiger partial charge in [0.1, 0.15) is 12.1 Å². The van der Waals surface area contributed by atoms with Crippen LogP contribution in [-0.4, -0.2) is 42.1 Å². The van der Waals surface area contributed by atoms with Crippen LogP contribution in [-0.2, 0) is 20.7 Å². The van der Waals surface area contributed by atoms with Gasteiger partial charge in [0, 0.05) is 18.2 Å². The summed E-state index contributed by atoms with van der Waals surface area (Å²) in [6.45, 7) is 3.62. The molecule has 8 nitrogen and oxygen atoms in total. The molecule has 0 bridgehead atoms. The Morgan fingerprint density at radius 3 is 2.62 bits per heavy atom. The van der Waals surface area contributed by atoms with Gasteiger partial charge in [0.25, 0.3) is 5.91 Å². The van der Waals surface area contributed by atoms with Gasteiger partial charge in [0.15, 0.2) is 11.4 Å². The minimum atomic E-state index is -0.918. The van der Waals surface area contributed by atoms with Crippen molar-refractivity contribution in [3.8, 4) is 11.5 Å². The smallest absolute Gasteiger partial charge is 0.328 e. The molecule has 1 fully saturated rings. The van der Waals surface area contributed by atoms with Crippen LogP contribution in [0.1, 0.15) is 67.1 Å². The topological polar surface area (TPSA) is 104 Å². The van der Waals surface area contributed by atoms with E-state index in [-0.39, 0.29) is 35.1 Å². The van der Waals surface area contributed by atoms with E-state index in [1.165, 1.54) is 30.5 Å². The van der Waals surface area contributed by atoms with Crippen LogP contribution in [0.4, 0.5) is 0 Å². The van der Waals surface area contributed by atoms with Crippen molar-refractivity contribution in [3.63, 3.8) is 0 Å². The molecule has 2 aliphatic rings. The number of nitrogens with zero attached hydrogens (tertiary/aromatic N) is 1. The summed E-state index contributed by atoms with van der Waals surface area (Å²) in [5.41, 5.74) is 2.36. The number of amides is 1. The van der Waals surface area contributed by atoms with E-state index in [0.29, 0.717) is 0 Å². The van der Waals surface area contributed by atoms with Gasteiger partial charge in [-0.15, -0.1) is 0 Å². The number of carbonyl (C=O) groups excluding carboxylic acids is 3. The molecule has 2 aromatic rings. The Hall–Kier alpha value is -3.42. The number of hydrogen-bond donors (Lipinski definition) is 1. The molecule has 3 atom stereocenters. The molecule has 1 heterocycles. The Morgan fingerprint density at radius 1 is 1.12 bits per heavy atom. The van der Waals surface area contributed by atoms with Crippen LogP contribution in [0.25, 0.3) is 0 Å². The molecule has 0 spiro atoms. The first-order valence-electron chi connectivity index (χ1n) is 11.7. The molecule has 2 unspecified atom stereocenters. The van der Waals surface area contributed by atoms with Crippen molar-refractivity contribution in [1.82, 2.24) is 10.3 Å². The molecule has 1 saturated carbocycles. The molecule has 8 heteroatoms. The predicted octanol–water partition coefficient (Wildman–Crippen LogP) is 3.58. The first kappa shape index (κ1) is 23.7. The van der Waals surface area contributed by atoms with Crippen molar-refractivity contribution in [3.05, 3.63) is 53.3 Å². The monoisotopic (exact) mass is 466 g/mol. The number of nitrogens with one attached hydrogen (secondary N) is 1. The summed E-state index contributed by atoms with van der Waals surface area (Å²) in [5, 5.41) is 2.62. The summed E-state index contributed by atoms with van der Waals surface area (Å²) >= 11 is 0. The third-order valence-electron chi connectivity index (χ3n) is 6.42. The van der Waals surface area contributed by atoms with Gasteiger partial charge in [-0.05, 0) is 50.2 Å². The van der Waals surface area contributed by atoms with Crippen molar-refractivity contribution in [2.24, 2.45) is 5.92 Å². The van der Waals surface area contributed by atoms with Crippen LogP contribution in [0.15, 0.2) is 36.5 Å². The maximum Gasteiger partial charge on any atom is 0.328 e. The largest absolute Gasteiger partial charge is 0.493 e. The van der Waals surface area contributed by atoms with Gasteiger partial charge in [0.2, 0.25) is 5.75 Å². The number of hydrogen-bond acceptors (Lipinski definition) is 7. The van der Waals surface area contributed by atoms with E-state index < -0.39 is 23.9 Å². The van der Waals surface area contributed by atoms with Crippen molar-refractivity contribution in [1.29, 1.82) is 0 Å². The Balaban J connectivity index is 1.43. The highest BCUT2D eigenvalue weighted by atomic mass is 16.6. The number of aryl methyl sites for hydroxylation is 1. The van der Waals surface area contributed by atoms with E-state index in [1.54, 1.807) is 6.92 Å². The number of carbonyl (C=O) groups is 3. The molecule has 0 aliphatic heterocycles. The van der Waals surface area contributed by atoms with E-state index in [1.807, 2.05) is 12.1 Å². The molecule has 0 radical (unpaired) electrons. The Bertz CT molecular complexity index is 1080. The fourth-order valence-corrected chi connectivity index (χ4v) is 4.24. The van der Waals surface area contributed by atoms with Crippen LogP contribution in [0.3, 0.4) is 0 Å². The number of esters is 2. The van der Waals surface area contributed by atoms with Crippen LogP contribution >= 0.6 is 0 Å². The molecule has 1 aromatic heterocycles. The first-order valence-corrected chi connectivity index (χ1v) is 11.7. The van der Waals surface area contributed by atoms with Crippen LogP contribution < -0.4 is 14.8 Å². The molecule has 34 heavy (non-hydrogen) atoms. The van der Waals surface area contributed by atoms with Gasteiger partial charge in [-0.2, -0.15) is 0 Å². The number of benzene rings is 1. The van der Waals surface area contributed by atoms with Gasteiger partial charge in [-0.25, -0.2) is 9.78 Å². The molecule has 0 saturated heterocycles. The zero-order valence-corrected chi connectivity index (χ0v) is 19.7. The summed E-state index contributed by atoms with van der Waals surface area (Å²) in [4.78, 5) is 42.1. The minimum Gasteiger partial charge on any atom is -0.493 e. The zero-order valence-electron chi connectivity index (χ0n) is 19.7. The fourth-order valence-electron chi connectivity index (χ4n) is 4.24. The van der Waals surface area contributed by atoms with Crippen LogP contribution in [0.2, 0.25) is 0 Å². The van der Waals surface area contributed by atoms with Crippen molar-refractivity contribution < 1.29 is 28.6 Å². The molecule has 2 aliphatic carbocycles. The van der Waals surface area contributed by atoms with Gasteiger partial charge >= 0.3 is 11.9 Å². The molecular weight excluding hydrogens is 436 g/mol. The lowest BCUT2D eigenvalue weighted by Gasteiger charge is -2.25. The zero-order chi connectivity index (χ0) is 24.2. The summed E-state index contributed by atoms with van der Waals surface area (Å²) < 4.78 is 16.5. The molecule has 4 rings (SSSR count). The lowest BCUT2D eigenvalue weighted by atomic mass is 9.92. The van der Waals surface area contributed by atoms with Crippen LogP contribution in [0, 0.1) is 5.92 Å². The number of ether oxygens (including phenoxy) is 3. The third kappa shape index (κ3) is 5.21. The molecule has 1 aromatic carbocycles. The second-order valence-electron chi connectivity index (χ2n) is 8.94. The summed E-state index contributed by atoms with van der Waals surface area (Å²) in [6.07, 6.45) is 5.25. The molecule has 180 valence electrons. The Labute approximate surface area is 199 Å². The fraction of sp³-hybridized carbons (Fsp3) is 0.462. The number of pyridine rings is 1. The Kier molecular flexibility index (Phi) is 7.14. The predicted molar refractivity (Wildman–Crippen MR) is 124 cm³/mol. The summed E-state index contributed by atoms with van der Waals surface area (Å²) in [5.74, 6) is -1.54. The van der Waals surface area contributed by atoms with E-state index >= 15 is 0 Å². The van der Waals surface area contributed by atoms with E-state index in [9.17, 15) is 14.4 Å². The lowest BCUT2D eigenvalue weighted by molar-refractivity contribution is -0.152. The van der Waals surface area contributed by atoms with Crippen LogP contribution in [0.5, 0.6) is 11.5 Å². The standard InChI is InChI=1S/C26H30N2O6/c1-15-19-9-5-4-7-17(19)8-6-10-20(15)33-25(30)16(2)28-24(29)22-23(21(32-3)13-14-27-22)34-26(31)18-11-12-18/h4-5,7,9,13-16,18,20H,6,8,10-12H2,1-3H3,(H,28,29)/t15?,16-,20?/m0/s1. The van der Waals surface area contributed by atoms with Gasteiger partial charge in [0.05, 0.1) is 13.0 Å². The van der Waals surface area contributed by atoms with Crippen molar-refractivity contribution >= 4 is 17.8 Å². The minimum absolute atomic E-state index is 0.0473. The molecule has 1 N–H and O–H groups in total. The Morgan fingerprint density at radius 2 is 1.88 bits per heavy atom. The van der Waals surface area contributed by atoms with Gasteiger partial charge in [-0.1, -0.05) is 31.2 Å². The highest BCUT2D eigenvalue weighted by Gasteiger charge is 2.34. The summed E-state index contributed by atoms with van der Waals surface area (Å²) in [6, 6.07) is 8.81. The highest BCUT2D eigenvalue weighted by molar-refractivity contribution is 5.98. The quantitative estimate of drug-likeness (QED) is 0.491. The van der Waals surface area contributed by atoms with Crippen molar-refractivity contribution in [2.75, 3.05) is 7.11 Å². The van der Waals surface area contributed by atoms with Gasteiger partial charge in [-0.3, -0.25) is 9.59 Å². The van der Waals surface area contributed by atoms with Crippen molar-refractivity contribution in [2.45, 2.75) is 64.0 Å².